The molecule has 2 N–H and O–H groups in total. The largest absolute Gasteiger partial charge is 0.398 e. The van der Waals surface area contributed by atoms with Crippen LogP contribution < -0.4 is 5.73 Å². The van der Waals surface area contributed by atoms with Crippen LogP contribution in [-0.4, -0.2) is 27.6 Å². The summed E-state index contributed by atoms with van der Waals surface area (Å²) >= 11 is 0. The summed E-state index contributed by atoms with van der Waals surface area (Å²) in [6.07, 6.45) is 3.64. The topological polar surface area (TPSA) is 64.2 Å². The van der Waals surface area contributed by atoms with E-state index >= 15 is 0 Å². The van der Waals surface area contributed by atoms with E-state index in [0.29, 0.717) is 17.8 Å². The highest BCUT2D eigenvalue weighted by Gasteiger charge is 2.14. The van der Waals surface area contributed by atoms with Crippen LogP contribution in [0, 0.1) is 0 Å². The molecular weight excluding hydrogens is 228 g/mol. The minimum Gasteiger partial charge on any atom is -0.398 e. The van der Waals surface area contributed by atoms with Crippen molar-refractivity contribution in [1.82, 2.24) is 14.7 Å². The van der Waals surface area contributed by atoms with Crippen molar-refractivity contribution in [3.63, 3.8) is 0 Å². The summed E-state index contributed by atoms with van der Waals surface area (Å²) in [5, 5.41) is 4.07. The van der Waals surface area contributed by atoms with Gasteiger partial charge in [0, 0.05) is 38.1 Å². The lowest BCUT2D eigenvalue weighted by Crippen LogP contribution is -2.26. The summed E-state index contributed by atoms with van der Waals surface area (Å²) in [5.74, 6) is -0.0862. The number of hydrogen-bond donors (Lipinski definition) is 1. The van der Waals surface area contributed by atoms with Gasteiger partial charge in [-0.15, -0.1) is 0 Å². The lowest BCUT2D eigenvalue weighted by Gasteiger charge is -2.17. The Kier molecular flexibility index (Phi) is 3.32. The minimum atomic E-state index is -0.0862. The van der Waals surface area contributed by atoms with Crippen LogP contribution in [0.1, 0.15) is 15.9 Å². The van der Waals surface area contributed by atoms with E-state index in [-0.39, 0.29) is 5.91 Å². The van der Waals surface area contributed by atoms with Crippen LogP contribution in [0.2, 0.25) is 0 Å². The number of benzene rings is 1. The van der Waals surface area contributed by atoms with E-state index in [9.17, 15) is 4.79 Å². The SMILES string of the molecule is CN(Cc1cnn(C)c1)C(=O)c1ccccc1N. The fourth-order valence-electron chi connectivity index (χ4n) is 1.80. The third-order valence-corrected chi connectivity index (χ3v) is 2.72. The summed E-state index contributed by atoms with van der Waals surface area (Å²) in [6.45, 7) is 0.515. The summed E-state index contributed by atoms with van der Waals surface area (Å²) in [4.78, 5) is 13.8. The third kappa shape index (κ3) is 2.51. The molecular formula is C13H16N4O. The summed E-state index contributed by atoms with van der Waals surface area (Å²) < 4.78 is 1.71. The number of nitrogens with two attached hydrogens (primary N) is 1. The van der Waals surface area contributed by atoms with Gasteiger partial charge in [0.1, 0.15) is 0 Å². The molecule has 0 aliphatic heterocycles. The molecule has 0 spiro atoms. The highest BCUT2D eigenvalue weighted by Crippen LogP contribution is 2.14. The fourth-order valence-corrected chi connectivity index (χ4v) is 1.80. The molecule has 1 heterocycles. The Bertz CT molecular complexity index is 562. The van der Waals surface area contributed by atoms with E-state index in [1.165, 1.54) is 0 Å². The van der Waals surface area contributed by atoms with E-state index in [1.807, 2.05) is 25.4 Å². The van der Waals surface area contributed by atoms with Gasteiger partial charge in [-0.3, -0.25) is 9.48 Å². The zero-order chi connectivity index (χ0) is 13.1. The van der Waals surface area contributed by atoms with Gasteiger partial charge in [0.15, 0.2) is 0 Å². The Morgan fingerprint density at radius 3 is 2.78 bits per heavy atom. The second-order valence-corrected chi connectivity index (χ2v) is 4.27. The molecule has 5 heteroatoms. The first kappa shape index (κ1) is 12.2. The van der Waals surface area contributed by atoms with Gasteiger partial charge in [0.05, 0.1) is 11.8 Å². The predicted molar refractivity (Wildman–Crippen MR) is 69.9 cm³/mol. The van der Waals surface area contributed by atoms with E-state index in [2.05, 4.69) is 5.10 Å². The maximum Gasteiger partial charge on any atom is 0.255 e. The molecule has 1 aromatic carbocycles. The molecule has 0 aliphatic carbocycles. The first-order valence-electron chi connectivity index (χ1n) is 5.65. The number of hydrogen-bond acceptors (Lipinski definition) is 3. The Balaban J connectivity index is 2.12. The molecule has 0 fully saturated rings. The lowest BCUT2D eigenvalue weighted by molar-refractivity contribution is 0.0786. The van der Waals surface area contributed by atoms with Crippen molar-refractivity contribution in [2.24, 2.45) is 7.05 Å². The zero-order valence-corrected chi connectivity index (χ0v) is 10.5. The Hall–Kier alpha value is -2.30. The molecule has 0 saturated heterocycles. The summed E-state index contributed by atoms with van der Waals surface area (Å²) in [6, 6.07) is 7.08. The number of aromatic nitrogens is 2. The van der Waals surface area contributed by atoms with E-state index in [4.69, 9.17) is 5.73 Å². The molecule has 0 unspecified atom stereocenters. The molecule has 0 bridgehead atoms. The second kappa shape index (κ2) is 4.91. The van der Waals surface area contributed by atoms with Gasteiger partial charge in [-0.1, -0.05) is 12.1 Å². The number of nitrogen functional groups attached to an aromatic ring is 1. The normalized spacial score (nSPS) is 10.3. The molecule has 0 atom stereocenters. The number of carbonyl (C=O) groups excluding carboxylic acids is 1. The van der Waals surface area contributed by atoms with Gasteiger partial charge >= 0.3 is 0 Å². The Morgan fingerprint density at radius 2 is 2.17 bits per heavy atom. The third-order valence-electron chi connectivity index (χ3n) is 2.72. The maximum absolute atomic E-state index is 12.2. The van der Waals surface area contributed by atoms with Crippen LogP contribution in [-0.2, 0) is 13.6 Å². The molecule has 2 aromatic rings. The molecule has 0 saturated carbocycles. The lowest BCUT2D eigenvalue weighted by atomic mass is 10.1. The number of anilines is 1. The highest BCUT2D eigenvalue weighted by atomic mass is 16.2. The van der Waals surface area contributed by atoms with Crippen LogP contribution in [0.5, 0.6) is 0 Å². The molecule has 1 aromatic heterocycles. The summed E-state index contributed by atoms with van der Waals surface area (Å²) in [5.41, 5.74) is 7.81. The zero-order valence-electron chi connectivity index (χ0n) is 10.5. The van der Waals surface area contributed by atoms with Gasteiger partial charge in [-0.05, 0) is 12.1 Å². The van der Waals surface area contributed by atoms with Gasteiger partial charge in [0.25, 0.3) is 5.91 Å². The van der Waals surface area contributed by atoms with Crippen LogP contribution in [0.15, 0.2) is 36.7 Å². The van der Waals surface area contributed by atoms with Crippen molar-refractivity contribution < 1.29 is 4.79 Å². The smallest absolute Gasteiger partial charge is 0.255 e. The van der Waals surface area contributed by atoms with E-state index in [0.717, 1.165) is 5.56 Å². The first-order valence-corrected chi connectivity index (χ1v) is 5.65. The van der Waals surface area contributed by atoms with Gasteiger partial charge in [-0.25, -0.2) is 0 Å². The minimum absolute atomic E-state index is 0.0862. The molecule has 5 nitrogen and oxygen atoms in total. The van der Waals surface area contributed by atoms with Gasteiger partial charge in [0.2, 0.25) is 0 Å². The van der Waals surface area contributed by atoms with Crippen molar-refractivity contribution in [1.29, 1.82) is 0 Å². The molecule has 18 heavy (non-hydrogen) atoms. The average Bonchev–Trinajstić information content (AvgIpc) is 2.74. The van der Waals surface area contributed by atoms with Gasteiger partial charge in [-0.2, -0.15) is 5.10 Å². The van der Waals surface area contributed by atoms with Crippen molar-refractivity contribution in [2.45, 2.75) is 6.54 Å². The molecule has 0 aliphatic rings. The van der Waals surface area contributed by atoms with Crippen molar-refractivity contribution in [2.75, 3.05) is 12.8 Å². The second-order valence-electron chi connectivity index (χ2n) is 4.27. The van der Waals surface area contributed by atoms with E-state index < -0.39 is 0 Å². The summed E-state index contributed by atoms with van der Waals surface area (Å²) in [7, 11) is 3.60. The number of aryl methyl sites for hydroxylation is 1. The van der Waals surface area contributed by atoms with E-state index in [1.54, 1.807) is 35.0 Å². The first-order chi connectivity index (χ1) is 8.58. The predicted octanol–water partition coefficient (Wildman–Crippen LogP) is 1.27. The van der Waals surface area contributed by atoms with Crippen LogP contribution >= 0.6 is 0 Å². The van der Waals surface area contributed by atoms with Crippen LogP contribution in [0.25, 0.3) is 0 Å². The number of nitrogens with zero attached hydrogens (tertiary/aromatic N) is 3. The van der Waals surface area contributed by atoms with Crippen LogP contribution in [0.3, 0.4) is 0 Å². The Morgan fingerprint density at radius 1 is 1.44 bits per heavy atom. The van der Waals surface area contributed by atoms with Crippen molar-refractivity contribution >= 4 is 11.6 Å². The number of para-hydroxylation sites is 1. The molecule has 0 radical (unpaired) electrons. The molecule has 94 valence electrons. The quantitative estimate of drug-likeness (QED) is 0.827. The molecule has 2 rings (SSSR count). The maximum atomic E-state index is 12.2. The average molecular weight is 244 g/mol. The van der Waals surface area contributed by atoms with Crippen molar-refractivity contribution in [3.05, 3.63) is 47.8 Å². The number of amides is 1. The Labute approximate surface area is 106 Å². The number of carbonyl (C=O) groups is 1. The monoisotopic (exact) mass is 244 g/mol. The standard InChI is InChI=1S/C13H16N4O/c1-16(8-10-7-15-17(2)9-10)13(18)11-5-3-4-6-12(11)14/h3-7,9H,8,14H2,1-2H3. The highest BCUT2D eigenvalue weighted by molar-refractivity contribution is 5.98. The fraction of sp³-hybridized carbons (Fsp3) is 0.231. The van der Waals surface area contributed by atoms with Crippen molar-refractivity contribution in [3.8, 4) is 0 Å². The van der Waals surface area contributed by atoms with Crippen LogP contribution in [0.4, 0.5) is 5.69 Å². The molecule has 1 amide bonds. The van der Waals surface area contributed by atoms with Gasteiger partial charge < -0.3 is 10.6 Å². The number of rotatable bonds is 3.